The van der Waals surface area contributed by atoms with Gasteiger partial charge in [0.2, 0.25) is 11.8 Å². The number of Topliss-reactive ketones (excluding diaryl/α,β-unsaturated/α-hetero) is 1. The number of amides is 3. The van der Waals surface area contributed by atoms with E-state index >= 15 is 0 Å². The number of esters is 2. The minimum Gasteiger partial charge on any atom is -0.508 e. The number of phenols is 1. The molecule has 3 N–H and O–H groups in total. The molecule has 1 fully saturated rings. The molecule has 3 amide bonds. The highest BCUT2D eigenvalue weighted by atomic mass is 32.1. The summed E-state index contributed by atoms with van der Waals surface area (Å²) in [6.45, 7) is 16.3. The summed E-state index contributed by atoms with van der Waals surface area (Å²) in [6, 6.07) is 5.57. The SMILES string of the molecule is CCCOC(=O)CNC(=O)[C@@H](C)C[C@H](Cc1ccc(O)cc1)NC(=O)c1csc([C@H](C)C[C@H](C(C)C)N(COC(=O)CCC)C(=O)[C@@H](CC(=O)[C@H]2CCCCN2C)C(C)CC)n1. The normalized spacial score (nSPS) is 17.2. The number of aromatic nitrogens is 1. The molecule has 1 aromatic carbocycles. The Bertz CT molecular complexity index is 1750. The Morgan fingerprint density at radius 2 is 1.66 bits per heavy atom. The van der Waals surface area contributed by atoms with Crippen molar-refractivity contribution in [2.24, 2.45) is 23.7 Å². The Kier molecular flexibility index (Phi) is 22.0. The van der Waals surface area contributed by atoms with Crippen LogP contribution in [0.2, 0.25) is 0 Å². The van der Waals surface area contributed by atoms with Crippen molar-refractivity contribution < 1.29 is 43.3 Å². The molecule has 1 unspecified atom stereocenters. The molecule has 3 rings (SSSR count). The van der Waals surface area contributed by atoms with Crippen molar-refractivity contribution in [2.45, 2.75) is 150 Å². The summed E-state index contributed by atoms with van der Waals surface area (Å²) in [6.07, 6.45) is 6.26. The van der Waals surface area contributed by atoms with Crippen LogP contribution in [0, 0.1) is 23.7 Å². The number of carbonyl (C=O) groups is 6. The third-order valence-corrected chi connectivity index (χ3v) is 13.0. The number of nitrogens with one attached hydrogen (secondary N) is 2. The average molecular weight is 884 g/mol. The van der Waals surface area contributed by atoms with Crippen LogP contribution in [-0.2, 0) is 39.9 Å². The standard InChI is InChI=1S/C47H73N5O9S/c1-10-15-42(55)61-29-52(47(59)37(31(6)12-3)26-41(54)39-16-13-14-21-51(39)9)40(30(4)5)24-33(8)46-50-38(28-62-46)45(58)49-35(25-34-17-19-36(53)20-18-34)23-32(7)44(57)48-27-43(56)60-22-11-2/h17-20,28,30-33,35,37,39-40,53H,10-16,21-27,29H2,1-9H3,(H,48,57)(H,49,58)/t31?,32-,33+,35+,37-,39+,40+/m0/s1. The molecule has 14 nitrogen and oxygen atoms in total. The minimum absolute atomic E-state index is 0.0476. The molecule has 0 bridgehead atoms. The number of nitrogens with zero attached hydrogens (tertiary/aromatic N) is 3. The fourth-order valence-electron chi connectivity index (χ4n) is 7.95. The van der Waals surface area contributed by atoms with Crippen molar-refractivity contribution >= 4 is 46.8 Å². The van der Waals surface area contributed by atoms with Gasteiger partial charge in [-0.2, -0.15) is 0 Å². The van der Waals surface area contributed by atoms with Crippen LogP contribution in [0.5, 0.6) is 5.75 Å². The third-order valence-electron chi connectivity index (χ3n) is 12.0. The van der Waals surface area contributed by atoms with Crippen molar-refractivity contribution in [3.8, 4) is 5.75 Å². The lowest BCUT2D eigenvalue weighted by Crippen LogP contribution is -2.50. The molecule has 2 aromatic rings. The van der Waals surface area contributed by atoms with Crippen LogP contribution in [0.1, 0.15) is 147 Å². The smallest absolute Gasteiger partial charge is 0.325 e. The summed E-state index contributed by atoms with van der Waals surface area (Å²) in [7, 11) is 1.97. The number of thiazole rings is 1. The summed E-state index contributed by atoms with van der Waals surface area (Å²) in [5.74, 6) is -3.14. The quantitative estimate of drug-likeness (QED) is 0.0651. The van der Waals surface area contributed by atoms with Gasteiger partial charge >= 0.3 is 11.9 Å². The fourth-order valence-corrected chi connectivity index (χ4v) is 8.82. The molecular formula is C47H73N5O9S. The molecule has 7 atom stereocenters. The predicted molar refractivity (Wildman–Crippen MR) is 240 cm³/mol. The number of piperidine rings is 1. The van der Waals surface area contributed by atoms with Crippen molar-refractivity contribution in [1.29, 1.82) is 0 Å². The summed E-state index contributed by atoms with van der Waals surface area (Å²) < 4.78 is 10.8. The van der Waals surface area contributed by atoms with Gasteiger partial charge in [0.1, 0.15) is 18.0 Å². The van der Waals surface area contributed by atoms with Crippen LogP contribution < -0.4 is 10.6 Å². The fraction of sp³-hybridized carbons (Fsp3) is 0.681. The molecule has 0 saturated carbocycles. The highest BCUT2D eigenvalue weighted by Crippen LogP contribution is 2.33. The molecule has 1 saturated heterocycles. The molecule has 1 aliphatic rings. The number of likely N-dealkylation sites (tertiary alicyclic amines) is 1. The zero-order valence-corrected chi connectivity index (χ0v) is 39.4. The second-order valence-electron chi connectivity index (χ2n) is 17.5. The van der Waals surface area contributed by atoms with Crippen LogP contribution >= 0.6 is 11.3 Å². The maximum Gasteiger partial charge on any atom is 0.325 e. The highest BCUT2D eigenvalue weighted by Gasteiger charge is 2.38. The number of ketones is 1. The van der Waals surface area contributed by atoms with Gasteiger partial charge in [-0.1, -0.05) is 80.4 Å². The number of hydrogen-bond donors (Lipinski definition) is 3. The molecule has 62 heavy (non-hydrogen) atoms. The van der Waals surface area contributed by atoms with Gasteiger partial charge in [-0.05, 0) is 88.1 Å². The van der Waals surface area contributed by atoms with Crippen LogP contribution in [0.4, 0.5) is 0 Å². The van der Waals surface area contributed by atoms with E-state index in [1.807, 2.05) is 55.5 Å². The van der Waals surface area contributed by atoms with Crippen molar-refractivity contribution in [1.82, 2.24) is 25.4 Å². The number of aromatic hydroxyl groups is 1. The zero-order valence-electron chi connectivity index (χ0n) is 38.6. The lowest BCUT2D eigenvalue weighted by Gasteiger charge is -2.39. The van der Waals surface area contributed by atoms with E-state index in [1.54, 1.807) is 41.5 Å². The van der Waals surface area contributed by atoms with E-state index < -0.39 is 29.8 Å². The van der Waals surface area contributed by atoms with Crippen LogP contribution in [0.3, 0.4) is 0 Å². The molecule has 2 heterocycles. The van der Waals surface area contributed by atoms with Gasteiger partial charge in [-0.3, -0.25) is 33.7 Å². The van der Waals surface area contributed by atoms with Gasteiger partial charge in [0, 0.05) is 48.1 Å². The van der Waals surface area contributed by atoms with Gasteiger partial charge in [-0.15, -0.1) is 11.3 Å². The third kappa shape index (κ3) is 16.4. The molecular weight excluding hydrogens is 811 g/mol. The molecule has 0 radical (unpaired) electrons. The minimum atomic E-state index is -0.579. The van der Waals surface area contributed by atoms with Crippen molar-refractivity contribution in [3.63, 3.8) is 0 Å². The number of ether oxygens (including phenoxy) is 2. The Morgan fingerprint density at radius 3 is 2.29 bits per heavy atom. The van der Waals surface area contributed by atoms with E-state index in [4.69, 9.17) is 14.5 Å². The van der Waals surface area contributed by atoms with E-state index in [1.165, 1.54) is 11.3 Å². The first kappa shape index (κ1) is 52.0. The maximum absolute atomic E-state index is 14.8. The monoisotopic (exact) mass is 884 g/mol. The van der Waals surface area contributed by atoms with Crippen LogP contribution in [-0.4, -0.2) is 107 Å². The van der Waals surface area contributed by atoms with E-state index in [0.29, 0.717) is 37.1 Å². The lowest BCUT2D eigenvalue weighted by atomic mass is 9.82. The topological polar surface area (TPSA) is 185 Å². The Balaban J connectivity index is 1.83. The molecule has 1 aromatic heterocycles. The number of likely N-dealkylation sites (N-methyl/N-ethyl adjacent to an activating group) is 1. The summed E-state index contributed by atoms with van der Waals surface area (Å²) in [5.41, 5.74) is 1.06. The maximum atomic E-state index is 14.8. The van der Waals surface area contributed by atoms with E-state index in [9.17, 15) is 33.9 Å². The highest BCUT2D eigenvalue weighted by molar-refractivity contribution is 7.09. The van der Waals surface area contributed by atoms with E-state index in [-0.39, 0.29) is 104 Å². The van der Waals surface area contributed by atoms with Crippen molar-refractivity contribution in [2.75, 3.05) is 33.5 Å². The lowest BCUT2D eigenvalue weighted by molar-refractivity contribution is -0.160. The zero-order chi connectivity index (χ0) is 45.9. The van der Waals surface area contributed by atoms with Gasteiger partial charge < -0.3 is 30.1 Å². The predicted octanol–water partition coefficient (Wildman–Crippen LogP) is 7.04. The number of benzene rings is 1. The Hall–Kier alpha value is -4.37. The summed E-state index contributed by atoms with van der Waals surface area (Å²) in [4.78, 5) is 88.6. The van der Waals surface area contributed by atoms with Gasteiger partial charge in [0.05, 0.1) is 17.7 Å². The largest absolute Gasteiger partial charge is 0.508 e. The molecule has 0 spiro atoms. The van der Waals surface area contributed by atoms with E-state index in [0.717, 1.165) is 31.4 Å². The molecule has 346 valence electrons. The van der Waals surface area contributed by atoms with Gasteiger partial charge in [0.15, 0.2) is 12.5 Å². The number of rotatable bonds is 26. The number of hydrogen-bond acceptors (Lipinski definition) is 12. The van der Waals surface area contributed by atoms with Gasteiger partial charge in [0.25, 0.3) is 5.91 Å². The van der Waals surface area contributed by atoms with Crippen molar-refractivity contribution in [3.05, 3.63) is 45.9 Å². The second-order valence-corrected chi connectivity index (χ2v) is 18.4. The molecule has 0 aliphatic carbocycles. The van der Waals surface area contributed by atoms with E-state index in [2.05, 4.69) is 15.5 Å². The van der Waals surface area contributed by atoms with Crippen LogP contribution in [0.25, 0.3) is 0 Å². The first-order chi connectivity index (χ1) is 29.5. The first-order valence-electron chi connectivity index (χ1n) is 22.7. The average Bonchev–Trinajstić information content (AvgIpc) is 3.75. The first-order valence-corrected chi connectivity index (χ1v) is 23.5. The second kappa shape index (κ2) is 26.3. The summed E-state index contributed by atoms with van der Waals surface area (Å²) in [5, 5.41) is 17.9. The molecule has 15 heteroatoms. The Morgan fingerprint density at radius 1 is 0.952 bits per heavy atom. The Labute approximate surface area is 373 Å². The molecule has 1 aliphatic heterocycles. The number of phenolic OH excluding ortho intramolecular Hbond substituents is 1. The van der Waals surface area contributed by atoms with Crippen LogP contribution in [0.15, 0.2) is 29.6 Å². The summed E-state index contributed by atoms with van der Waals surface area (Å²) >= 11 is 1.34. The van der Waals surface area contributed by atoms with Gasteiger partial charge in [-0.25, -0.2) is 4.98 Å². The number of carbonyl (C=O) groups excluding carboxylic acids is 6.